The first-order valence-electron chi connectivity index (χ1n) is 9.27. The van der Waals surface area contributed by atoms with Crippen LogP contribution < -0.4 is 5.32 Å². The van der Waals surface area contributed by atoms with E-state index < -0.39 is 11.6 Å². The van der Waals surface area contributed by atoms with E-state index >= 15 is 0 Å². The van der Waals surface area contributed by atoms with Gasteiger partial charge in [-0.15, -0.1) is 0 Å². The average Bonchev–Trinajstić information content (AvgIpc) is 2.70. The molecule has 0 saturated heterocycles. The molecule has 0 fully saturated rings. The number of benzene rings is 3. The number of fused-ring (bicyclic) bond motifs is 1. The summed E-state index contributed by atoms with van der Waals surface area (Å²) in [5.41, 5.74) is 3.23. The molecule has 1 aromatic heterocycles. The van der Waals surface area contributed by atoms with E-state index in [2.05, 4.69) is 15.3 Å². The van der Waals surface area contributed by atoms with Gasteiger partial charge in [0.2, 0.25) is 5.95 Å². The zero-order chi connectivity index (χ0) is 20.4. The number of rotatable bonds is 4. The maximum Gasteiger partial charge on any atom is 0.227 e. The highest BCUT2D eigenvalue weighted by atomic mass is 19.1. The van der Waals surface area contributed by atoms with Gasteiger partial charge in [-0.05, 0) is 43.7 Å². The Labute approximate surface area is 167 Å². The van der Waals surface area contributed by atoms with Crippen molar-refractivity contribution >= 4 is 28.6 Å². The van der Waals surface area contributed by atoms with Crippen LogP contribution in [-0.4, -0.2) is 9.97 Å². The molecule has 0 aliphatic heterocycles. The quantitative estimate of drug-likeness (QED) is 0.425. The predicted octanol–water partition coefficient (Wildman–Crippen LogP) is 6.66. The number of aromatic nitrogens is 2. The Kier molecular flexibility index (Phi) is 5.04. The first kappa shape index (κ1) is 18.7. The van der Waals surface area contributed by atoms with Crippen molar-refractivity contribution < 1.29 is 8.78 Å². The van der Waals surface area contributed by atoms with Crippen molar-refractivity contribution in [1.29, 1.82) is 0 Å². The second kappa shape index (κ2) is 7.80. The topological polar surface area (TPSA) is 37.8 Å². The standard InChI is InChI=1S/C24H19F2N3/c1-3-5-16-12-20(25)22(21(26)13-16)19-7-4-6-17-14-27-24(29-23(17)19)28-18-10-8-15(2)9-11-18/h3-14H,1-2H3,(H,27,28,29)/b5-3+. The molecule has 0 bridgehead atoms. The molecular formula is C24H19F2N3. The van der Waals surface area contributed by atoms with Crippen LogP contribution in [0.3, 0.4) is 0 Å². The molecule has 0 amide bonds. The van der Waals surface area contributed by atoms with Crippen LogP contribution in [-0.2, 0) is 0 Å². The molecule has 0 aliphatic rings. The van der Waals surface area contributed by atoms with Crippen LogP contribution in [0.5, 0.6) is 0 Å². The summed E-state index contributed by atoms with van der Waals surface area (Å²) in [7, 11) is 0. The summed E-state index contributed by atoms with van der Waals surface area (Å²) in [6, 6.07) is 15.7. The average molecular weight is 387 g/mol. The van der Waals surface area contributed by atoms with Crippen LogP contribution in [0.15, 0.2) is 66.9 Å². The summed E-state index contributed by atoms with van der Waals surface area (Å²) in [4.78, 5) is 8.86. The lowest BCUT2D eigenvalue weighted by Gasteiger charge is -2.11. The van der Waals surface area contributed by atoms with Crippen molar-refractivity contribution in [2.45, 2.75) is 13.8 Å². The van der Waals surface area contributed by atoms with Gasteiger partial charge in [0.25, 0.3) is 0 Å². The third-order valence-electron chi connectivity index (χ3n) is 4.61. The van der Waals surface area contributed by atoms with E-state index in [9.17, 15) is 8.78 Å². The van der Waals surface area contributed by atoms with Gasteiger partial charge >= 0.3 is 0 Å². The van der Waals surface area contributed by atoms with Crippen LogP contribution in [0.1, 0.15) is 18.1 Å². The van der Waals surface area contributed by atoms with Crippen molar-refractivity contribution in [2.75, 3.05) is 5.32 Å². The molecule has 144 valence electrons. The van der Waals surface area contributed by atoms with E-state index in [1.807, 2.05) is 37.3 Å². The number of nitrogens with one attached hydrogen (secondary N) is 1. The number of hydrogen-bond donors (Lipinski definition) is 1. The lowest BCUT2D eigenvalue weighted by molar-refractivity contribution is 0.589. The summed E-state index contributed by atoms with van der Waals surface area (Å²) < 4.78 is 29.6. The molecule has 0 saturated carbocycles. The predicted molar refractivity (Wildman–Crippen MR) is 114 cm³/mol. The Hall–Kier alpha value is -3.60. The van der Waals surface area contributed by atoms with Gasteiger partial charge in [0, 0.05) is 22.8 Å². The normalized spacial score (nSPS) is 11.3. The lowest BCUT2D eigenvalue weighted by atomic mass is 9.99. The Morgan fingerprint density at radius 3 is 2.38 bits per heavy atom. The van der Waals surface area contributed by atoms with Crippen molar-refractivity contribution in [3.8, 4) is 11.1 Å². The minimum atomic E-state index is -0.628. The fraction of sp³-hybridized carbons (Fsp3) is 0.0833. The fourth-order valence-corrected chi connectivity index (χ4v) is 3.22. The Bertz CT molecular complexity index is 1190. The molecule has 4 aromatic rings. The molecule has 1 N–H and O–H groups in total. The van der Waals surface area contributed by atoms with Crippen LogP contribution in [0.25, 0.3) is 28.1 Å². The zero-order valence-corrected chi connectivity index (χ0v) is 16.1. The highest BCUT2D eigenvalue weighted by Crippen LogP contribution is 2.33. The first-order chi connectivity index (χ1) is 14.0. The second-order valence-electron chi connectivity index (χ2n) is 6.79. The third-order valence-corrected chi connectivity index (χ3v) is 4.61. The molecule has 0 spiro atoms. The minimum absolute atomic E-state index is 0.0937. The van der Waals surface area contributed by atoms with Crippen LogP contribution in [0.4, 0.5) is 20.4 Å². The van der Waals surface area contributed by atoms with Gasteiger partial charge < -0.3 is 5.32 Å². The Morgan fingerprint density at radius 2 is 1.69 bits per heavy atom. The smallest absolute Gasteiger partial charge is 0.227 e. The van der Waals surface area contributed by atoms with Gasteiger partial charge in [-0.1, -0.05) is 48.0 Å². The van der Waals surface area contributed by atoms with Crippen molar-refractivity contribution in [1.82, 2.24) is 9.97 Å². The molecule has 0 unspecified atom stereocenters. The van der Waals surface area contributed by atoms with Gasteiger partial charge in [0.15, 0.2) is 0 Å². The van der Waals surface area contributed by atoms with Crippen molar-refractivity contribution in [3.63, 3.8) is 0 Å². The number of nitrogens with zero attached hydrogens (tertiary/aromatic N) is 2. The van der Waals surface area contributed by atoms with E-state index in [-0.39, 0.29) is 5.56 Å². The maximum absolute atomic E-state index is 14.8. The van der Waals surface area contributed by atoms with E-state index in [1.165, 1.54) is 12.1 Å². The van der Waals surface area contributed by atoms with E-state index in [4.69, 9.17) is 0 Å². The number of allylic oxidation sites excluding steroid dienone is 1. The Balaban J connectivity index is 1.82. The number of para-hydroxylation sites is 1. The van der Waals surface area contributed by atoms with Crippen molar-refractivity contribution in [3.05, 3.63) is 89.6 Å². The number of anilines is 2. The van der Waals surface area contributed by atoms with Crippen LogP contribution >= 0.6 is 0 Å². The molecule has 1 heterocycles. The number of aryl methyl sites for hydroxylation is 1. The molecule has 29 heavy (non-hydrogen) atoms. The Morgan fingerprint density at radius 1 is 0.966 bits per heavy atom. The fourth-order valence-electron chi connectivity index (χ4n) is 3.22. The van der Waals surface area contributed by atoms with E-state index in [0.717, 1.165) is 11.3 Å². The molecule has 0 radical (unpaired) electrons. The van der Waals surface area contributed by atoms with Gasteiger partial charge in [0.1, 0.15) is 11.6 Å². The molecule has 0 aliphatic carbocycles. The largest absolute Gasteiger partial charge is 0.324 e. The van der Waals surface area contributed by atoms with Crippen LogP contribution in [0.2, 0.25) is 0 Å². The third kappa shape index (κ3) is 3.85. The van der Waals surface area contributed by atoms with E-state index in [1.54, 1.807) is 37.4 Å². The van der Waals surface area contributed by atoms with Gasteiger partial charge in [-0.2, -0.15) is 0 Å². The van der Waals surface area contributed by atoms with E-state index in [0.29, 0.717) is 28.0 Å². The maximum atomic E-state index is 14.8. The van der Waals surface area contributed by atoms with Crippen molar-refractivity contribution in [2.24, 2.45) is 0 Å². The molecular weight excluding hydrogens is 368 g/mol. The SMILES string of the molecule is C/C=C/c1cc(F)c(-c2cccc3cnc(Nc4ccc(C)cc4)nc23)c(F)c1. The molecule has 3 aromatic carbocycles. The summed E-state index contributed by atoms with van der Waals surface area (Å²) in [5, 5.41) is 3.84. The lowest BCUT2D eigenvalue weighted by Crippen LogP contribution is -1.99. The van der Waals surface area contributed by atoms with Gasteiger partial charge in [-0.3, -0.25) is 0 Å². The summed E-state index contributed by atoms with van der Waals surface area (Å²) in [5.74, 6) is -0.894. The van der Waals surface area contributed by atoms with Gasteiger partial charge in [0.05, 0.1) is 11.1 Å². The summed E-state index contributed by atoms with van der Waals surface area (Å²) in [6.45, 7) is 3.81. The number of halogens is 2. The highest BCUT2D eigenvalue weighted by molar-refractivity contribution is 5.94. The summed E-state index contributed by atoms with van der Waals surface area (Å²) in [6.07, 6.45) is 5.04. The van der Waals surface area contributed by atoms with Crippen LogP contribution in [0, 0.1) is 18.6 Å². The summed E-state index contributed by atoms with van der Waals surface area (Å²) >= 11 is 0. The molecule has 3 nitrogen and oxygen atoms in total. The zero-order valence-electron chi connectivity index (χ0n) is 16.1. The minimum Gasteiger partial charge on any atom is -0.324 e. The molecule has 5 heteroatoms. The van der Waals surface area contributed by atoms with Gasteiger partial charge in [-0.25, -0.2) is 18.7 Å². The number of hydrogen-bond acceptors (Lipinski definition) is 3. The monoisotopic (exact) mass is 387 g/mol. The first-order valence-corrected chi connectivity index (χ1v) is 9.27. The highest BCUT2D eigenvalue weighted by Gasteiger charge is 2.16. The molecule has 4 rings (SSSR count). The molecule has 0 atom stereocenters. The second-order valence-corrected chi connectivity index (χ2v) is 6.79.